The Labute approximate surface area is 87.6 Å². The molecule has 84 valence electrons. The van der Waals surface area contributed by atoms with Crippen molar-refractivity contribution in [3.8, 4) is 0 Å². The van der Waals surface area contributed by atoms with Crippen molar-refractivity contribution in [2.24, 2.45) is 5.73 Å². The van der Waals surface area contributed by atoms with Crippen molar-refractivity contribution >= 4 is 0 Å². The second-order valence-electron chi connectivity index (χ2n) is 4.20. The first-order valence-electron chi connectivity index (χ1n) is 5.79. The highest BCUT2D eigenvalue weighted by atomic mass is 16.5. The second-order valence-corrected chi connectivity index (χ2v) is 4.20. The molecular weight excluding hydrogens is 176 g/mol. The molecule has 0 aromatic rings. The lowest BCUT2D eigenvalue weighted by Gasteiger charge is -2.35. The molecule has 1 rings (SSSR count). The van der Waals surface area contributed by atoms with Gasteiger partial charge in [0.2, 0.25) is 0 Å². The van der Waals surface area contributed by atoms with Gasteiger partial charge >= 0.3 is 0 Å². The molecular formula is C11H24N2O. The highest BCUT2D eigenvalue weighted by Gasteiger charge is 2.23. The maximum Gasteiger partial charge on any atom is 0.0587 e. The standard InChI is InChI=1S/C11H24N2O/c1-3-11-9-10(5-8-14-11)13(2)7-4-6-12/h10-11H,3-9,12H2,1-2H3. The van der Waals surface area contributed by atoms with Gasteiger partial charge in [0.1, 0.15) is 0 Å². The zero-order valence-electron chi connectivity index (χ0n) is 9.54. The Balaban J connectivity index is 2.27. The van der Waals surface area contributed by atoms with Crippen molar-refractivity contribution in [2.75, 3.05) is 26.7 Å². The quantitative estimate of drug-likeness (QED) is 0.725. The molecule has 1 aliphatic heterocycles. The smallest absolute Gasteiger partial charge is 0.0587 e. The molecule has 1 aliphatic rings. The average Bonchev–Trinajstić information content (AvgIpc) is 2.26. The number of nitrogens with zero attached hydrogens (tertiary/aromatic N) is 1. The molecule has 0 spiro atoms. The molecule has 0 aromatic carbocycles. The van der Waals surface area contributed by atoms with Crippen LogP contribution in [0.2, 0.25) is 0 Å². The molecule has 2 unspecified atom stereocenters. The Bertz CT molecular complexity index is 152. The molecule has 0 bridgehead atoms. The van der Waals surface area contributed by atoms with E-state index in [4.69, 9.17) is 10.5 Å². The normalized spacial score (nSPS) is 28.3. The van der Waals surface area contributed by atoms with Crippen LogP contribution in [0.4, 0.5) is 0 Å². The summed E-state index contributed by atoms with van der Waals surface area (Å²) in [7, 11) is 2.21. The van der Waals surface area contributed by atoms with Crippen molar-refractivity contribution in [3.63, 3.8) is 0 Å². The third kappa shape index (κ3) is 3.56. The largest absolute Gasteiger partial charge is 0.378 e. The van der Waals surface area contributed by atoms with Crippen molar-refractivity contribution in [1.29, 1.82) is 0 Å². The van der Waals surface area contributed by atoms with E-state index in [0.29, 0.717) is 12.1 Å². The molecule has 1 saturated heterocycles. The Hall–Kier alpha value is -0.120. The third-order valence-corrected chi connectivity index (χ3v) is 3.13. The van der Waals surface area contributed by atoms with Gasteiger partial charge in [-0.05, 0) is 45.8 Å². The van der Waals surface area contributed by atoms with E-state index in [9.17, 15) is 0 Å². The highest BCUT2D eigenvalue weighted by molar-refractivity contribution is 4.77. The van der Waals surface area contributed by atoms with Gasteiger partial charge in [0.05, 0.1) is 6.10 Å². The Kier molecular flexibility index (Phi) is 5.45. The lowest BCUT2D eigenvalue weighted by atomic mass is 10.0. The number of nitrogens with two attached hydrogens (primary N) is 1. The highest BCUT2D eigenvalue weighted by Crippen LogP contribution is 2.20. The minimum atomic E-state index is 0.481. The second kappa shape index (κ2) is 6.38. The van der Waals surface area contributed by atoms with Gasteiger partial charge in [-0.15, -0.1) is 0 Å². The summed E-state index contributed by atoms with van der Waals surface area (Å²) >= 11 is 0. The summed E-state index contributed by atoms with van der Waals surface area (Å²) in [5, 5.41) is 0. The zero-order chi connectivity index (χ0) is 10.4. The summed E-state index contributed by atoms with van der Waals surface area (Å²) in [6.45, 7) is 5.05. The van der Waals surface area contributed by atoms with Gasteiger partial charge in [-0.2, -0.15) is 0 Å². The van der Waals surface area contributed by atoms with Gasteiger partial charge in [0, 0.05) is 12.6 Å². The molecule has 0 radical (unpaired) electrons. The summed E-state index contributed by atoms with van der Waals surface area (Å²) in [6.07, 6.45) is 5.09. The number of hydrogen-bond donors (Lipinski definition) is 1. The predicted molar refractivity (Wildman–Crippen MR) is 59.4 cm³/mol. The van der Waals surface area contributed by atoms with Gasteiger partial charge in [0.25, 0.3) is 0 Å². The van der Waals surface area contributed by atoms with Crippen LogP contribution in [0.25, 0.3) is 0 Å². The molecule has 1 heterocycles. The number of ether oxygens (including phenoxy) is 1. The van der Waals surface area contributed by atoms with Crippen molar-refractivity contribution < 1.29 is 4.74 Å². The van der Waals surface area contributed by atoms with Gasteiger partial charge in [0.15, 0.2) is 0 Å². The van der Waals surface area contributed by atoms with Crippen molar-refractivity contribution in [3.05, 3.63) is 0 Å². The van der Waals surface area contributed by atoms with Crippen LogP contribution in [0, 0.1) is 0 Å². The van der Waals surface area contributed by atoms with E-state index in [0.717, 1.165) is 32.5 Å². The van der Waals surface area contributed by atoms with Gasteiger partial charge in [-0.1, -0.05) is 6.92 Å². The van der Waals surface area contributed by atoms with Crippen LogP contribution < -0.4 is 5.73 Å². The topological polar surface area (TPSA) is 38.5 Å². The zero-order valence-corrected chi connectivity index (χ0v) is 9.54. The fourth-order valence-electron chi connectivity index (χ4n) is 2.07. The van der Waals surface area contributed by atoms with E-state index in [1.165, 1.54) is 12.8 Å². The summed E-state index contributed by atoms with van der Waals surface area (Å²) in [4.78, 5) is 2.44. The van der Waals surface area contributed by atoms with Gasteiger partial charge < -0.3 is 15.4 Å². The first kappa shape index (κ1) is 12.0. The van der Waals surface area contributed by atoms with Crippen molar-refractivity contribution in [1.82, 2.24) is 4.90 Å². The lowest BCUT2D eigenvalue weighted by molar-refractivity contribution is -0.0231. The maximum atomic E-state index is 5.66. The van der Waals surface area contributed by atoms with E-state index in [1.54, 1.807) is 0 Å². The van der Waals surface area contributed by atoms with E-state index in [-0.39, 0.29) is 0 Å². The molecule has 3 heteroatoms. The molecule has 1 fully saturated rings. The van der Waals surface area contributed by atoms with E-state index >= 15 is 0 Å². The van der Waals surface area contributed by atoms with Crippen LogP contribution in [0.3, 0.4) is 0 Å². The van der Waals surface area contributed by atoms with E-state index < -0.39 is 0 Å². The molecule has 0 amide bonds. The molecule has 2 N–H and O–H groups in total. The molecule has 0 saturated carbocycles. The van der Waals surface area contributed by atoms with Gasteiger partial charge in [-0.3, -0.25) is 0 Å². The summed E-state index contributed by atoms with van der Waals surface area (Å²) in [5.41, 5.74) is 5.51. The SMILES string of the molecule is CCC1CC(N(C)CCCN)CCO1. The van der Waals surface area contributed by atoms with E-state index in [2.05, 4.69) is 18.9 Å². The molecule has 14 heavy (non-hydrogen) atoms. The van der Waals surface area contributed by atoms with Crippen LogP contribution in [0.1, 0.15) is 32.6 Å². The minimum absolute atomic E-state index is 0.481. The summed E-state index contributed by atoms with van der Waals surface area (Å²) < 4.78 is 5.66. The van der Waals surface area contributed by atoms with Crippen molar-refractivity contribution in [2.45, 2.75) is 44.8 Å². The van der Waals surface area contributed by atoms with Gasteiger partial charge in [-0.25, -0.2) is 0 Å². The fourth-order valence-corrected chi connectivity index (χ4v) is 2.07. The number of rotatable bonds is 5. The maximum absolute atomic E-state index is 5.66. The average molecular weight is 200 g/mol. The summed E-state index contributed by atoms with van der Waals surface area (Å²) in [6, 6.07) is 0.709. The Morgan fingerprint density at radius 2 is 2.29 bits per heavy atom. The van der Waals surface area contributed by atoms with Crippen LogP contribution in [-0.4, -0.2) is 43.8 Å². The lowest BCUT2D eigenvalue weighted by Crippen LogP contribution is -2.40. The first-order chi connectivity index (χ1) is 6.77. The molecule has 0 aliphatic carbocycles. The number of hydrogen-bond acceptors (Lipinski definition) is 3. The third-order valence-electron chi connectivity index (χ3n) is 3.13. The van der Waals surface area contributed by atoms with Crippen LogP contribution in [-0.2, 0) is 4.74 Å². The molecule has 2 atom stereocenters. The first-order valence-corrected chi connectivity index (χ1v) is 5.79. The predicted octanol–water partition coefficient (Wildman–Crippen LogP) is 1.22. The molecule has 0 aromatic heterocycles. The Morgan fingerprint density at radius 1 is 1.50 bits per heavy atom. The minimum Gasteiger partial charge on any atom is -0.378 e. The monoisotopic (exact) mass is 200 g/mol. The van der Waals surface area contributed by atoms with Crippen LogP contribution in [0.5, 0.6) is 0 Å². The molecule has 3 nitrogen and oxygen atoms in total. The Morgan fingerprint density at radius 3 is 2.93 bits per heavy atom. The fraction of sp³-hybridized carbons (Fsp3) is 1.00. The van der Waals surface area contributed by atoms with E-state index in [1.807, 2.05) is 0 Å². The van der Waals surface area contributed by atoms with Crippen LogP contribution in [0.15, 0.2) is 0 Å². The summed E-state index contributed by atoms with van der Waals surface area (Å²) in [5.74, 6) is 0. The van der Waals surface area contributed by atoms with Crippen LogP contribution >= 0.6 is 0 Å².